The Bertz CT molecular complexity index is 276. The molecule has 0 atom stereocenters. The van der Waals surface area contributed by atoms with E-state index >= 15 is 0 Å². The van der Waals surface area contributed by atoms with Crippen molar-refractivity contribution in [1.82, 2.24) is 0 Å². The molecule has 3 nitrogen and oxygen atoms in total. The minimum atomic E-state index is 0. The normalized spacial score (nSPS) is 8.00. The van der Waals surface area contributed by atoms with E-state index in [4.69, 9.17) is 0 Å². The third-order valence-electron chi connectivity index (χ3n) is 1.27. The number of carbonyl (C=O) groups excluding carboxylic acids is 2. The van der Waals surface area contributed by atoms with E-state index in [1.807, 2.05) is 0 Å². The molecule has 0 aromatic heterocycles. The molecule has 4 heteroatoms. The fraction of sp³-hybridized carbons (Fsp3) is 0. The molecule has 0 heterocycles. The Morgan fingerprint density at radius 1 is 1.33 bits per heavy atom. The Hall–Kier alpha value is -0.978. The Morgan fingerprint density at radius 2 is 2.00 bits per heavy atom. The van der Waals surface area contributed by atoms with E-state index in [9.17, 15) is 9.59 Å². The first-order valence-electron chi connectivity index (χ1n) is 3.06. The molecule has 0 unspecified atom stereocenters. The topological polar surface area (TPSA) is 46.2 Å². The maximum Gasteiger partial charge on any atom is 0.134 e. The number of benzene rings is 1. The molecular formula is C8H6NO2Re-. The summed E-state index contributed by atoms with van der Waals surface area (Å²) in [5.41, 5.74) is 0.938. The van der Waals surface area contributed by atoms with Crippen LogP contribution in [-0.2, 0) is 25.2 Å². The number of nitrogens with one attached hydrogen (secondary N) is 1. The molecule has 1 N–H and O–H groups in total. The van der Waals surface area contributed by atoms with Crippen LogP contribution in [0.5, 0.6) is 0 Å². The zero-order valence-corrected chi connectivity index (χ0v) is 8.80. The van der Waals surface area contributed by atoms with E-state index in [2.05, 4.69) is 5.32 Å². The van der Waals surface area contributed by atoms with Gasteiger partial charge in [0.2, 0.25) is 0 Å². The number of amides is 1. The Morgan fingerprint density at radius 3 is 2.58 bits per heavy atom. The molecule has 63 valence electrons. The molecule has 0 aliphatic rings. The van der Waals surface area contributed by atoms with Gasteiger partial charge in [-0.1, -0.05) is 23.9 Å². The van der Waals surface area contributed by atoms with Crippen molar-refractivity contribution in [3.63, 3.8) is 0 Å². The molecule has 0 bridgehead atoms. The maximum absolute atomic E-state index is 10.3. The number of anilines is 1. The molecule has 0 saturated heterocycles. The summed E-state index contributed by atoms with van der Waals surface area (Å²) in [6.07, 6.45) is 2.18. The first-order chi connectivity index (χ1) is 5.38. The van der Waals surface area contributed by atoms with Crippen molar-refractivity contribution < 1.29 is 30.0 Å². The summed E-state index contributed by atoms with van der Waals surface area (Å²) in [6.45, 7) is 0. The predicted octanol–water partition coefficient (Wildman–Crippen LogP) is 0.976. The van der Waals surface area contributed by atoms with Gasteiger partial charge in [0.05, 0.1) is 6.41 Å². The van der Waals surface area contributed by atoms with Crippen LogP contribution in [0.15, 0.2) is 24.3 Å². The summed E-state index contributed by atoms with van der Waals surface area (Å²) < 4.78 is 0. The van der Waals surface area contributed by atoms with Gasteiger partial charge in [0.25, 0.3) is 0 Å². The van der Waals surface area contributed by atoms with Gasteiger partial charge in [-0.15, -0.1) is 6.07 Å². The van der Waals surface area contributed by atoms with E-state index in [0.29, 0.717) is 17.5 Å². The Kier molecular flexibility index (Phi) is 5.18. The number of para-hydroxylation sites is 1. The molecule has 0 aliphatic heterocycles. The number of hydrogen-bond acceptors (Lipinski definition) is 2. The van der Waals surface area contributed by atoms with Crippen LogP contribution in [-0.4, -0.2) is 12.7 Å². The van der Waals surface area contributed by atoms with Gasteiger partial charge in [-0.05, 0) is 5.56 Å². The number of carbonyl (C=O) groups is 1. The molecule has 0 aliphatic carbocycles. The molecule has 1 radical (unpaired) electrons. The quantitative estimate of drug-likeness (QED) is 0.509. The monoisotopic (exact) mass is 335 g/mol. The van der Waals surface area contributed by atoms with Crippen molar-refractivity contribution in [2.45, 2.75) is 0 Å². The fourth-order valence-electron chi connectivity index (χ4n) is 0.769. The van der Waals surface area contributed by atoms with E-state index in [0.717, 1.165) is 0 Å². The van der Waals surface area contributed by atoms with Crippen LogP contribution >= 0.6 is 0 Å². The van der Waals surface area contributed by atoms with Crippen LogP contribution < -0.4 is 5.32 Å². The molecule has 0 spiro atoms. The van der Waals surface area contributed by atoms with Crippen molar-refractivity contribution in [2.24, 2.45) is 0 Å². The van der Waals surface area contributed by atoms with Gasteiger partial charge in [-0.3, -0.25) is 4.79 Å². The third kappa shape index (κ3) is 2.57. The average molecular weight is 334 g/mol. The molecule has 0 fully saturated rings. The minimum absolute atomic E-state index is 0. The molecule has 1 aromatic carbocycles. The number of rotatable bonds is 3. The SMILES string of the molecule is O=[C-]Nc1ccccc1C=O.[Re]. The molecular weight excluding hydrogens is 328 g/mol. The van der Waals surface area contributed by atoms with E-state index in [1.165, 1.54) is 6.41 Å². The van der Waals surface area contributed by atoms with Crippen molar-refractivity contribution in [1.29, 1.82) is 0 Å². The summed E-state index contributed by atoms with van der Waals surface area (Å²) in [5, 5.41) is 2.29. The van der Waals surface area contributed by atoms with Crippen LogP contribution in [0.2, 0.25) is 0 Å². The fourth-order valence-corrected chi connectivity index (χ4v) is 0.769. The molecule has 1 amide bonds. The second kappa shape index (κ2) is 5.64. The largest absolute Gasteiger partial charge is 0.490 e. The van der Waals surface area contributed by atoms with Crippen LogP contribution in [0, 0.1) is 0 Å². The minimum Gasteiger partial charge on any atom is -0.490 e. The van der Waals surface area contributed by atoms with E-state index in [-0.39, 0.29) is 20.4 Å². The van der Waals surface area contributed by atoms with Gasteiger partial charge in [-0.2, -0.15) is 0 Å². The summed E-state index contributed by atoms with van der Waals surface area (Å²) in [4.78, 5) is 20.2. The zero-order valence-electron chi connectivity index (χ0n) is 6.08. The summed E-state index contributed by atoms with van der Waals surface area (Å²) in [7, 11) is 0. The van der Waals surface area contributed by atoms with Gasteiger partial charge in [0.1, 0.15) is 6.29 Å². The van der Waals surface area contributed by atoms with Gasteiger partial charge < -0.3 is 10.1 Å². The van der Waals surface area contributed by atoms with Crippen molar-refractivity contribution in [3.8, 4) is 0 Å². The van der Waals surface area contributed by atoms with E-state index in [1.54, 1.807) is 24.3 Å². The molecule has 0 saturated carbocycles. The molecule has 1 aromatic rings. The number of hydrogen-bond donors (Lipinski definition) is 1. The van der Waals surface area contributed by atoms with Crippen LogP contribution in [0.4, 0.5) is 5.69 Å². The summed E-state index contributed by atoms with van der Waals surface area (Å²) >= 11 is 0. The third-order valence-corrected chi connectivity index (χ3v) is 1.27. The van der Waals surface area contributed by atoms with Crippen molar-refractivity contribution in [3.05, 3.63) is 29.8 Å². The van der Waals surface area contributed by atoms with Crippen molar-refractivity contribution in [2.75, 3.05) is 5.32 Å². The molecule has 1 rings (SSSR count). The standard InChI is InChI=1S/C8H6NO2.Re/c10-5-7-3-1-2-4-8(7)9-6-11;/h1-5H,(H,9,11);/q-1;. The maximum atomic E-state index is 10.3. The van der Waals surface area contributed by atoms with Gasteiger partial charge in [0.15, 0.2) is 0 Å². The van der Waals surface area contributed by atoms with Gasteiger partial charge >= 0.3 is 0 Å². The Balaban J connectivity index is 0.00000121. The summed E-state index contributed by atoms with van der Waals surface area (Å²) in [5.74, 6) is 0. The zero-order chi connectivity index (χ0) is 8.10. The van der Waals surface area contributed by atoms with Crippen molar-refractivity contribution >= 4 is 18.4 Å². The van der Waals surface area contributed by atoms with Crippen LogP contribution in [0.25, 0.3) is 0 Å². The van der Waals surface area contributed by atoms with Crippen LogP contribution in [0.3, 0.4) is 0 Å². The van der Waals surface area contributed by atoms with Gasteiger partial charge in [-0.25, -0.2) is 0 Å². The first kappa shape index (κ1) is 11.0. The Labute approximate surface area is 83.8 Å². The average Bonchev–Trinajstić information content (AvgIpc) is 2.06. The van der Waals surface area contributed by atoms with Crippen LogP contribution in [0.1, 0.15) is 10.4 Å². The number of aldehydes is 1. The summed E-state index contributed by atoms with van der Waals surface area (Å²) in [6, 6.07) is 6.70. The smallest absolute Gasteiger partial charge is 0.134 e. The van der Waals surface area contributed by atoms with E-state index < -0.39 is 0 Å². The molecule has 12 heavy (non-hydrogen) atoms. The predicted molar refractivity (Wildman–Crippen MR) is 41.1 cm³/mol. The first-order valence-corrected chi connectivity index (χ1v) is 3.06. The van der Waals surface area contributed by atoms with Gasteiger partial charge in [0, 0.05) is 20.4 Å². The second-order valence-corrected chi connectivity index (χ2v) is 1.93. The second-order valence-electron chi connectivity index (χ2n) is 1.93.